The average molecular weight is 422 g/mol. The number of hydrogen-bond donors (Lipinski definition) is 1. The number of nitrogens with one attached hydrogen (secondary N) is 1. The lowest BCUT2D eigenvalue weighted by atomic mass is 9.99. The van der Waals surface area contributed by atoms with Crippen LogP contribution in [0.4, 0.5) is 5.69 Å². The van der Waals surface area contributed by atoms with Crippen molar-refractivity contribution < 1.29 is 9.64 Å². The number of methoxy groups -OCH3 is 1. The smallest absolute Gasteiger partial charge is 0.214 e. The maximum absolute atomic E-state index is 5.41. The molecule has 0 bridgehead atoms. The van der Waals surface area contributed by atoms with E-state index in [1.54, 1.807) is 7.11 Å². The van der Waals surface area contributed by atoms with E-state index in [0.717, 1.165) is 44.2 Å². The van der Waals surface area contributed by atoms with Gasteiger partial charge in [-0.3, -0.25) is 0 Å². The monoisotopic (exact) mass is 421 g/mol. The summed E-state index contributed by atoms with van der Waals surface area (Å²) in [6, 6.07) is 19.1. The van der Waals surface area contributed by atoms with Crippen molar-refractivity contribution in [1.82, 2.24) is 20.2 Å². The van der Waals surface area contributed by atoms with Crippen LogP contribution in [0.5, 0.6) is 5.75 Å². The molecule has 1 aliphatic rings. The van der Waals surface area contributed by atoms with Crippen LogP contribution in [0.1, 0.15) is 44.6 Å². The van der Waals surface area contributed by atoms with E-state index in [1.807, 2.05) is 10.7 Å². The van der Waals surface area contributed by atoms with Gasteiger partial charge in [-0.2, -0.15) is 0 Å². The summed E-state index contributed by atoms with van der Waals surface area (Å²) in [5.74, 6) is 1.85. The summed E-state index contributed by atoms with van der Waals surface area (Å²) in [6.45, 7) is 10.6. The molecule has 1 saturated heterocycles. The molecule has 3 aromatic rings. The number of rotatable bonds is 7. The van der Waals surface area contributed by atoms with Crippen molar-refractivity contribution >= 4 is 5.69 Å². The summed E-state index contributed by atoms with van der Waals surface area (Å²) in [6.07, 6.45) is 0.964. The van der Waals surface area contributed by atoms with E-state index in [-0.39, 0.29) is 11.6 Å². The highest BCUT2D eigenvalue weighted by molar-refractivity contribution is 5.50. The molecule has 0 saturated carbocycles. The van der Waals surface area contributed by atoms with Crippen molar-refractivity contribution in [2.45, 2.75) is 38.8 Å². The van der Waals surface area contributed by atoms with E-state index in [4.69, 9.17) is 4.74 Å². The highest BCUT2D eigenvalue weighted by Crippen LogP contribution is 2.25. The van der Waals surface area contributed by atoms with Crippen LogP contribution in [0, 0.1) is 0 Å². The zero-order valence-corrected chi connectivity index (χ0v) is 19.0. The number of ether oxygens (including phenoxy) is 1. The van der Waals surface area contributed by atoms with E-state index in [9.17, 15) is 0 Å². The summed E-state index contributed by atoms with van der Waals surface area (Å²) in [5, 5.41) is 13.0. The number of tetrazole rings is 1. The van der Waals surface area contributed by atoms with Crippen molar-refractivity contribution in [3.05, 3.63) is 66.0 Å². The normalized spacial score (nSPS) is 16.3. The van der Waals surface area contributed by atoms with Gasteiger partial charge in [-0.1, -0.05) is 43.3 Å². The second kappa shape index (κ2) is 9.06. The molecule has 4 rings (SSSR count). The molecule has 164 valence electrons. The number of quaternary nitrogens is 1. The highest BCUT2D eigenvalue weighted by Gasteiger charge is 2.37. The van der Waals surface area contributed by atoms with E-state index < -0.39 is 0 Å². The molecule has 0 amide bonds. The maximum Gasteiger partial charge on any atom is 0.214 e. The van der Waals surface area contributed by atoms with Gasteiger partial charge in [0.1, 0.15) is 5.75 Å². The van der Waals surface area contributed by atoms with Gasteiger partial charge in [0, 0.05) is 17.3 Å². The van der Waals surface area contributed by atoms with Gasteiger partial charge in [0.2, 0.25) is 5.82 Å². The third-order valence-electron chi connectivity index (χ3n) is 6.56. The predicted octanol–water partition coefficient (Wildman–Crippen LogP) is 2.32. The van der Waals surface area contributed by atoms with Gasteiger partial charge in [0.15, 0.2) is 6.04 Å². The van der Waals surface area contributed by atoms with Gasteiger partial charge in [-0.15, -0.1) is 5.10 Å². The van der Waals surface area contributed by atoms with Crippen LogP contribution in [0.15, 0.2) is 54.6 Å². The molecule has 1 aliphatic heterocycles. The van der Waals surface area contributed by atoms with E-state index in [0.29, 0.717) is 0 Å². The first kappa shape index (κ1) is 21.3. The third kappa shape index (κ3) is 4.42. The second-order valence-corrected chi connectivity index (χ2v) is 8.81. The van der Waals surface area contributed by atoms with Gasteiger partial charge >= 0.3 is 0 Å². The third-order valence-corrected chi connectivity index (χ3v) is 6.56. The summed E-state index contributed by atoms with van der Waals surface area (Å²) < 4.78 is 7.44. The zero-order valence-electron chi connectivity index (χ0n) is 19.0. The minimum atomic E-state index is -0.131. The number of hydrogen-bond acceptors (Lipinski definition) is 5. The molecule has 2 heterocycles. The fraction of sp³-hybridized carbons (Fsp3) is 0.458. The molecular weight excluding hydrogens is 388 g/mol. The largest absolute Gasteiger partial charge is 0.497 e. The summed E-state index contributed by atoms with van der Waals surface area (Å²) in [5.41, 5.74) is 2.34. The van der Waals surface area contributed by atoms with Gasteiger partial charge in [0.25, 0.3) is 0 Å². The highest BCUT2D eigenvalue weighted by atomic mass is 16.5. The van der Waals surface area contributed by atoms with Crippen LogP contribution in [0.3, 0.4) is 0 Å². The molecule has 0 spiro atoms. The Morgan fingerprint density at radius 1 is 1.06 bits per heavy atom. The number of benzene rings is 2. The Morgan fingerprint density at radius 3 is 2.48 bits per heavy atom. The van der Waals surface area contributed by atoms with Crippen molar-refractivity contribution in [1.29, 1.82) is 0 Å². The molecule has 1 fully saturated rings. The molecular formula is C24H33N6O+. The summed E-state index contributed by atoms with van der Waals surface area (Å²) >= 11 is 0. The molecule has 1 atom stereocenters. The molecule has 7 heteroatoms. The molecule has 7 nitrogen and oxygen atoms in total. The molecule has 2 aromatic carbocycles. The molecule has 0 unspecified atom stereocenters. The van der Waals surface area contributed by atoms with E-state index in [1.165, 1.54) is 16.2 Å². The van der Waals surface area contributed by atoms with E-state index in [2.05, 4.69) is 89.7 Å². The van der Waals surface area contributed by atoms with Gasteiger partial charge in [-0.05, 0) is 42.8 Å². The fourth-order valence-corrected chi connectivity index (χ4v) is 4.32. The Labute approximate surface area is 184 Å². The van der Waals surface area contributed by atoms with Crippen LogP contribution in [0.25, 0.3) is 0 Å². The topological polar surface area (TPSA) is 60.5 Å². The number of piperazine rings is 1. The van der Waals surface area contributed by atoms with E-state index >= 15 is 0 Å². The predicted molar refractivity (Wildman–Crippen MR) is 122 cm³/mol. The Balaban J connectivity index is 1.61. The Hall–Kier alpha value is -2.93. The SMILES string of the molecule is CCC(C)(C)n1nnnc1[C@@H](c1ccccc1)[NH+]1CCN(c2cccc(OC)c2)CC1. The van der Waals surface area contributed by atoms with Crippen LogP contribution in [0.2, 0.25) is 0 Å². The zero-order chi connectivity index (χ0) is 21.8. The summed E-state index contributed by atoms with van der Waals surface area (Å²) in [7, 11) is 1.72. The molecule has 0 aliphatic carbocycles. The lowest BCUT2D eigenvalue weighted by Crippen LogP contribution is -3.15. The average Bonchev–Trinajstić information content (AvgIpc) is 3.31. The lowest BCUT2D eigenvalue weighted by Gasteiger charge is -2.38. The standard InChI is InChI=1S/C24H32N6O/c1-5-24(2,3)30-23(25-26-27-30)22(19-10-7-6-8-11-19)29-16-14-28(15-17-29)20-12-9-13-21(18-20)31-4/h6-13,18,22H,5,14-17H2,1-4H3/p+1/t22-/m1/s1. The maximum atomic E-state index is 5.41. The van der Waals surface area contributed by atoms with Gasteiger partial charge in [0.05, 0.1) is 38.8 Å². The first-order chi connectivity index (χ1) is 15.0. The first-order valence-corrected chi connectivity index (χ1v) is 11.1. The lowest BCUT2D eigenvalue weighted by molar-refractivity contribution is -0.927. The molecule has 31 heavy (non-hydrogen) atoms. The summed E-state index contributed by atoms with van der Waals surface area (Å²) in [4.78, 5) is 3.93. The Bertz CT molecular complexity index is 978. The minimum Gasteiger partial charge on any atom is -0.497 e. The van der Waals surface area contributed by atoms with Crippen molar-refractivity contribution in [3.8, 4) is 5.75 Å². The minimum absolute atomic E-state index is 0.106. The number of anilines is 1. The van der Waals surface area contributed by atoms with Crippen LogP contribution >= 0.6 is 0 Å². The number of aromatic nitrogens is 4. The van der Waals surface area contributed by atoms with Crippen molar-refractivity contribution in [2.24, 2.45) is 0 Å². The second-order valence-electron chi connectivity index (χ2n) is 8.81. The van der Waals surface area contributed by atoms with Crippen molar-refractivity contribution in [2.75, 3.05) is 38.2 Å². The van der Waals surface area contributed by atoms with Crippen LogP contribution < -0.4 is 14.5 Å². The number of nitrogens with zero attached hydrogens (tertiary/aromatic N) is 5. The first-order valence-electron chi connectivity index (χ1n) is 11.1. The fourth-order valence-electron chi connectivity index (χ4n) is 4.32. The van der Waals surface area contributed by atoms with Gasteiger partial charge in [-0.25, -0.2) is 4.68 Å². The quantitative estimate of drug-likeness (QED) is 0.635. The van der Waals surface area contributed by atoms with Crippen LogP contribution in [-0.2, 0) is 5.54 Å². The molecule has 0 radical (unpaired) electrons. The van der Waals surface area contributed by atoms with Gasteiger partial charge < -0.3 is 14.5 Å². The Morgan fingerprint density at radius 2 is 1.81 bits per heavy atom. The van der Waals surface area contributed by atoms with Crippen LogP contribution in [-0.4, -0.2) is 53.5 Å². The van der Waals surface area contributed by atoms with Crippen molar-refractivity contribution in [3.63, 3.8) is 0 Å². The molecule has 1 N–H and O–H groups in total. The molecule has 1 aromatic heterocycles. The Kier molecular flexibility index (Phi) is 6.23.